The van der Waals surface area contributed by atoms with Gasteiger partial charge in [-0.2, -0.15) is 0 Å². The molecule has 6 heavy (non-hydrogen) atoms. The number of hydrogen-bond acceptors (Lipinski definition) is 3. The molecule has 0 saturated carbocycles. The fraction of sp³-hybridized carbons (Fsp3) is 0. The first-order chi connectivity index (χ1) is 1.73. The molecule has 0 aliphatic rings. The molecule has 0 fully saturated rings. The summed E-state index contributed by atoms with van der Waals surface area (Å²) in [5.41, 5.74) is 0. The van der Waals surface area contributed by atoms with Crippen LogP contribution in [0, 0.1) is 0 Å². The molecule has 0 amide bonds. The summed E-state index contributed by atoms with van der Waals surface area (Å²) in [5.74, 6) is 0. The van der Waals surface area contributed by atoms with Crippen molar-refractivity contribution in [2.45, 2.75) is 0 Å². The van der Waals surface area contributed by atoms with Gasteiger partial charge in [-0.1, -0.05) is 0 Å². The third-order valence-electron chi connectivity index (χ3n) is 0. The standard InChI is InChI=1S/2Au.O3Si/c;;1-4(2)3/q2*+1;-2. The van der Waals surface area contributed by atoms with Gasteiger partial charge in [0.2, 0.25) is 0 Å². The second kappa shape index (κ2) is 9.44. The fourth-order valence-electron chi connectivity index (χ4n) is 0. The zero-order valence-corrected chi connectivity index (χ0v) is 7.66. The van der Waals surface area contributed by atoms with Gasteiger partial charge in [-0.05, 0) is 0 Å². The summed E-state index contributed by atoms with van der Waals surface area (Å²) < 4.78 is 8.52. The van der Waals surface area contributed by atoms with Crippen LogP contribution in [0.5, 0.6) is 0 Å². The van der Waals surface area contributed by atoms with Crippen molar-refractivity contribution >= 4 is 9.17 Å². The van der Waals surface area contributed by atoms with Crippen molar-refractivity contribution in [3.05, 3.63) is 0 Å². The van der Waals surface area contributed by atoms with Crippen molar-refractivity contribution in [2.24, 2.45) is 0 Å². The fourth-order valence-corrected chi connectivity index (χ4v) is 0. The van der Waals surface area contributed by atoms with E-state index in [2.05, 4.69) is 0 Å². The van der Waals surface area contributed by atoms with E-state index in [-0.39, 0.29) is 44.8 Å². The van der Waals surface area contributed by atoms with Gasteiger partial charge in [-0.25, -0.2) is 0 Å². The van der Waals surface area contributed by atoms with E-state index in [0.29, 0.717) is 0 Å². The minimum Gasteiger partial charge on any atom is -0.672 e. The third kappa shape index (κ3) is 71.1. The van der Waals surface area contributed by atoms with Gasteiger partial charge < -0.3 is 14.1 Å². The molecular weight excluding hydrogens is 470 g/mol. The molecule has 0 heterocycles. The monoisotopic (exact) mass is 470 g/mol. The molecule has 44 valence electrons. The summed E-state index contributed by atoms with van der Waals surface area (Å²) in [5, 5.41) is 0. The Morgan fingerprint density at radius 2 is 1.17 bits per heavy atom. The summed E-state index contributed by atoms with van der Waals surface area (Å²) in [4.78, 5) is 17.0. The van der Waals surface area contributed by atoms with Crippen LogP contribution < -0.4 is 9.59 Å². The predicted molar refractivity (Wildman–Crippen MR) is 6.44 cm³/mol. The maximum absolute atomic E-state index is 8.52. The van der Waals surface area contributed by atoms with E-state index in [9.17, 15) is 0 Å². The largest absolute Gasteiger partial charge is 1.00 e. The Balaban J connectivity index is -0.0000000450. The maximum Gasteiger partial charge on any atom is 1.00 e. The van der Waals surface area contributed by atoms with Crippen molar-refractivity contribution in [3.63, 3.8) is 0 Å². The summed E-state index contributed by atoms with van der Waals surface area (Å²) in [6, 6.07) is 0. The van der Waals surface area contributed by atoms with Gasteiger partial charge in [0, 0.05) is 9.17 Å². The molecule has 0 aliphatic heterocycles. The Bertz CT molecular complexity index is 31.8. The van der Waals surface area contributed by atoms with Crippen LogP contribution in [0.1, 0.15) is 0 Å². The van der Waals surface area contributed by atoms with Crippen molar-refractivity contribution in [3.8, 4) is 0 Å². The predicted octanol–water partition coefficient (Wildman–Crippen LogP) is -2.88. The Kier molecular flexibility index (Phi) is 24.7. The quantitative estimate of drug-likeness (QED) is 0.358. The van der Waals surface area contributed by atoms with E-state index in [1.807, 2.05) is 0 Å². The van der Waals surface area contributed by atoms with Crippen LogP contribution in [0.25, 0.3) is 0 Å². The molecule has 0 saturated heterocycles. The molecule has 0 aromatic carbocycles. The molecule has 0 aromatic heterocycles. The molecule has 0 aromatic rings. The van der Waals surface area contributed by atoms with Gasteiger partial charge in [0.1, 0.15) is 0 Å². The molecule has 0 radical (unpaired) electrons. The normalized spacial score (nSPS) is 4.00. The van der Waals surface area contributed by atoms with Crippen LogP contribution >= 0.6 is 0 Å². The van der Waals surface area contributed by atoms with Crippen molar-refractivity contribution in [2.75, 3.05) is 0 Å². The Morgan fingerprint density at radius 1 is 1.17 bits per heavy atom. The summed E-state index contributed by atoms with van der Waals surface area (Å²) in [7, 11) is -3.63. The molecule has 3 nitrogen and oxygen atoms in total. The molecule has 0 unspecified atom stereocenters. The average molecular weight is 470 g/mol. The van der Waals surface area contributed by atoms with Crippen molar-refractivity contribution in [1.82, 2.24) is 0 Å². The third-order valence-corrected chi connectivity index (χ3v) is 0. The minimum atomic E-state index is -3.63. The Hall–Kier alpha value is 1.10. The van der Waals surface area contributed by atoms with Gasteiger partial charge in [0.15, 0.2) is 0 Å². The second-order valence-electron chi connectivity index (χ2n) is 0.250. The van der Waals surface area contributed by atoms with Crippen LogP contribution in [0.15, 0.2) is 0 Å². The van der Waals surface area contributed by atoms with Crippen molar-refractivity contribution in [1.29, 1.82) is 0 Å². The van der Waals surface area contributed by atoms with E-state index in [1.54, 1.807) is 0 Å². The van der Waals surface area contributed by atoms with Gasteiger partial charge in [0.25, 0.3) is 0 Å². The average Bonchev–Trinajstić information content (AvgIpc) is 0.811. The van der Waals surface area contributed by atoms with Gasteiger partial charge in [-0.3, -0.25) is 0 Å². The Morgan fingerprint density at radius 3 is 1.17 bits per heavy atom. The maximum atomic E-state index is 8.52. The topological polar surface area (TPSA) is 63.2 Å². The van der Waals surface area contributed by atoms with Crippen LogP contribution in [-0.2, 0) is 49.2 Å². The second-order valence-corrected chi connectivity index (χ2v) is 0.750. The smallest absolute Gasteiger partial charge is 0.672 e. The van der Waals surface area contributed by atoms with Crippen LogP contribution in [0.4, 0.5) is 0 Å². The van der Waals surface area contributed by atoms with Gasteiger partial charge in [0.05, 0.1) is 0 Å². The van der Waals surface area contributed by atoms with Gasteiger partial charge in [-0.15, -0.1) is 0 Å². The first kappa shape index (κ1) is 15.7. The molecule has 0 rings (SSSR count). The van der Waals surface area contributed by atoms with Crippen molar-refractivity contribution < 1.29 is 58.8 Å². The molecule has 0 aliphatic carbocycles. The van der Waals surface area contributed by atoms with Crippen LogP contribution in [-0.4, -0.2) is 9.17 Å². The van der Waals surface area contributed by atoms with E-state index in [1.165, 1.54) is 0 Å². The summed E-state index contributed by atoms with van der Waals surface area (Å²) >= 11 is 0. The number of rotatable bonds is 0. The Labute approximate surface area is 67.7 Å². The van der Waals surface area contributed by atoms with E-state index < -0.39 is 9.17 Å². The minimum absolute atomic E-state index is 0. The molecule has 0 spiro atoms. The van der Waals surface area contributed by atoms with Crippen LogP contribution in [0.3, 0.4) is 0 Å². The molecular formula is Au2O3Si. The molecule has 0 N–H and O–H groups in total. The van der Waals surface area contributed by atoms with Gasteiger partial charge >= 0.3 is 44.8 Å². The molecule has 6 heteroatoms. The summed E-state index contributed by atoms with van der Waals surface area (Å²) in [6.07, 6.45) is 0. The van der Waals surface area contributed by atoms with E-state index >= 15 is 0 Å². The zero-order chi connectivity index (χ0) is 3.58. The van der Waals surface area contributed by atoms with E-state index in [4.69, 9.17) is 14.1 Å². The number of hydrogen-bond donors (Lipinski definition) is 0. The molecule has 0 bridgehead atoms. The summed E-state index contributed by atoms with van der Waals surface area (Å²) in [6.45, 7) is 0. The first-order valence-electron chi connectivity index (χ1n) is 0.612. The SMILES string of the molecule is O=[Si]([O-])[O-].[Au+].[Au+]. The van der Waals surface area contributed by atoms with E-state index in [0.717, 1.165) is 0 Å². The first-order valence-corrected chi connectivity index (χ1v) is 1.84. The molecule has 0 atom stereocenters. The van der Waals surface area contributed by atoms with Crippen LogP contribution in [0.2, 0.25) is 0 Å². The zero-order valence-electron chi connectivity index (χ0n) is 2.33.